The van der Waals surface area contributed by atoms with Gasteiger partial charge in [0.2, 0.25) is 6.79 Å². The molecule has 0 fully saturated rings. The van der Waals surface area contributed by atoms with Crippen LogP contribution in [0.5, 0.6) is 17.2 Å². The van der Waals surface area contributed by atoms with Crippen molar-refractivity contribution in [2.45, 2.75) is 18.8 Å². The molecule has 2 aromatic carbocycles. The van der Waals surface area contributed by atoms with Gasteiger partial charge in [-0.1, -0.05) is 30.3 Å². The van der Waals surface area contributed by atoms with Gasteiger partial charge in [0.1, 0.15) is 5.75 Å². The number of carboxylic acids is 1. The lowest BCUT2D eigenvalue weighted by Gasteiger charge is -2.15. The minimum Gasteiger partial charge on any atom is -0.497 e. The van der Waals surface area contributed by atoms with E-state index in [1.165, 1.54) is 0 Å². The van der Waals surface area contributed by atoms with Crippen molar-refractivity contribution in [1.29, 1.82) is 0 Å². The lowest BCUT2D eigenvalue weighted by Crippen LogP contribution is -2.10. The van der Waals surface area contributed by atoms with Gasteiger partial charge in [0.15, 0.2) is 11.5 Å². The highest BCUT2D eigenvalue weighted by Crippen LogP contribution is 2.49. The minimum absolute atomic E-state index is 0.160. The molecule has 1 aromatic heterocycles. The Morgan fingerprint density at radius 1 is 1.15 bits per heavy atom. The van der Waals surface area contributed by atoms with Crippen molar-refractivity contribution < 1.29 is 24.1 Å². The zero-order valence-electron chi connectivity index (χ0n) is 18.2. The third kappa shape index (κ3) is 3.63. The standard InChI is InChI=1S/C27H23NO5/c1-3-4-5-18-9-12-20-23(17-8-13-21-22(14-17)33-15-32-21)25(27(29)30)24(26(20)28-18)16-6-10-19(31-2)11-7-16/h3,6-14,23H,1,4-5,15H2,2H3,(H,29,30)/t23-/m0/s1. The van der Waals surface area contributed by atoms with Crippen molar-refractivity contribution in [2.24, 2.45) is 0 Å². The number of nitrogens with zero attached hydrogens (tertiary/aromatic N) is 1. The summed E-state index contributed by atoms with van der Waals surface area (Å²) < 4.78 is 16.3. The molecule has 0 unspecified atom stereocenters. The van der Waals surface area contributed by atoms with Gasteiger partial charge in [-0.05, 0) is 59.9 Å². The van der Waals surface area contributed by atoms with E-state index in [2.05, 4.69) is 6.58 Å². The first kappa shape index (κ1) is 20.8. The summed E-state index contributed by atoms with van der Waals surface area (Å²) in [6.45, 7) is 3.95. The summed E-state index contributed by atoms with van der Waals surface area (Å²) >= 11 is 0. The van der Waals surface area contributed by atoms with Crippen LogP contribution in [0.25, 0.3) is 5.57 Å². The number of hydrogen-bond acceptors (Lipinski definition) is 5. The van der Waals surface area contributed by atoms with Crippen LogP contribution in [0.4, 0.5) is 0 Å². The van der Waals surface area contributed by atoms with E-state index in [4.69, 9.17) is 19.2 Å². The number of aliphatic carboxylic acids is 1. The number of fused-ring (bicyclic) bond motifs is 2. The molecule has 2 aliphatic rings. The molecule has 6 nitrogen and oxygen atoms in total. The summed E-state index contributed by atoms with van der Waals surface area (Å²) in [5.41, 5.74) is 4.98. The monoisotopic (exact) mass is 441 g/mol. The van der Waals surface area contributed by atoms with Gasteiger partial charge < -0.3 is 19.3 Å². The van der Waals surface area contributed by atoms with Gasteiger partial charge in [-0.2, -0.15) is 0 Å². The Morgan fingerprint density at radius 3 is 2.67 bits per heavy atom. The molecular weight excluding hydrogens is 418 g/mol. The van der Waals surface area contributed by atoms with Crippen molar-refractivity contribution in [1.82, 2.24) is 4.98 Å². The zero-order valence-corrected chi connectivity index (χ0v) is 18.2. The Labute approximate surface area is 191 Å². The maximum absolute atomic E-state index is 12.7. The van der Waals surface area contributed by atoms with E-state index in [1.54, 1.807) is 7.11 Å². The smallest absolute Gasteiger partial charge is 0.333 e. The van der Waals surface area contributed by atoms with Crippen LogP contribution in [-0.2, 0) is 11.2 Å². The Bertz CT molecular complexity index is 1280. The SMILES string of the molecule is C=CCCc1ccc2c(n1)C(c1ccc(OC)cc1)=C(C(=O)O)[C@H]2c1ccc2c(c1)OCO2. The van der Waals surface area contributed by atoms with Gasteiger partial charge >= 0.3 is 5.97 Å². The van der Waals surface area contributed by atoms with Crippen LogP contribution in [-0.4, -0.2) is 30.0 Å². The van der Waals surface area contributed by atoms with Crippen LogP contribution < -0.4 is 14.2 Å². The molecular formula is C27H23NO5. The molecule has 0 spiro atoms. The van der Waals surface area contributed by atoms with Gasteiger partial charge in [0.05, 0.1) is 18.4 Å². The number of pyridine rings is 1. The molecule has 1 aliphatic heterocycles. The van der Waals surface area contributed by atoms with E-state index in [0.717, 1.165) is 35.2 Å². The quantitative estimate of drug-likeness (QED) is 0.522. The number of methoxy groups -OCH3 is 1. The van der Waals surface area contributed by atoms with Gasteiger partial charge in [-0.15, -0.1) is 6.58 Å². The van der Waals surface area contributed by atoms with E-state index in [-0.39, 0.29) is 6.79 Å². The summed E-state index contributed by atoms with van der Waals surface area (Å²) in [7, 11) is 1.60. The fraction of sp³-hybridized carbons (Fsp3) is 0.185. The second kappa shape index (κ2) is 8.47. The van der Waals surface area contributed by atoms with Crippen molar-refractivity contribution >= 4 is 11.5 Å². The summed E-state index contributed by atoms with van der Waals surface area (Å²) in [6, 6.07) is 17.0. The molecule has 1 atom stereocenters. The molecule has 0 radical (unpaired) electrons. The topological polar surface area (TPSA) is 77.9 Å². The molecule has 3 aromatic rings. The number of allylic oxidation sites excluding steroid dienone is 1. The van der Waals surface area contributed by atoms with Crippen LogP contribution in [0.1, 0.15) is 40.4 Å². The first-order valence-electron chi connectivity index (χ1n) is 10.7. The van der Waals surface area contributed by atoms with E-state index >= 15 is 0 Å². The maximum atomic E-state index is 12.7. The minimum atomic E-state index is -0.978. The van der Waals surface area contributed by atoms with Crippen LogP contribution >= 0.6 is 0 Å². The fourth-order valence-corrected chi connectivity index (χ4v) is 4.48. The van der Waals surface area contributed by atoms with Crippen molar-refractivity contribution in [3.63, 3.8) is 0 Å². The number of carbonyl (C=O) groups is 1. The van der Waals surface area contributed by atoms with Crippen molar-refractivity contribution in [2.75, 3.05) is 13.9 Å². The van der Waals surface area contributed by atoms with Crippen molar-refractivity contribution in [3.05, 3.63) is 101 Å². The highest BCUT2D eigenvalue weighted by atomic mass is 16.7. The highest BCUT2D eigenvalue weighted by molar-refractivity contribution is 6.06. The van der Waals surface area contributed by atoms with Crippen LogP contribution in [0, 0.1) is 0 Å². The summed E-state index contributed by atoms with van der Waals surface area (Å²) in [5, 5.41) is 10.4. The first-order valence-corrected chi connectivity index (χ1v) is 10.7. The zero-order chi connectivity index (χ0) is 22.9. The average molecular weight is 441 g/mol. The highest BCUT2D eigenvalue weighted by Gasteiger charge is 2.38. The molecule has 1 aliphatic carbocycles. The number of ether oxygens (including phenoxy) is 3. The molecule has 1 N–H and O–H groups in total. The molecule has 0 saturated heterocycles. The van der Waals surface area contributed by atoms with Gasteiger partial charge in [-0.25, -0.2) is 4.79 Å². The summed E-state index contributed by atoms with van der Waals surface area (Å²) in [6.07, 6.45) is 3.39. The maximum Gasteiger partial charge on any atom is 0.333 e. The molecule has 6 heteroatoms. The van der Waals surface area contributed by atoms with Gasteiger partial charge in [-0.3, -0.25) is 4.98 Å². The lowest BCUT2D eigenvalue weighted by atomic mass is 9.88. The average Bonchev–Trinajstić information content (AvgIpc) is 3.44. The van der Waals surface area contributed by atoms with E-state index < -0.39 is 11.9 Å². The lowest BCUT2D eigenvalue weighted by molar-refractivity contribution is -0.132. The van der Waals surface area contributed by atoms with Gasteiger partial charge in [0, 0.05) is 17.2 Å². The molecule has 0 bridgehead atoms. The Balaban J connectivity index is 1.72. The van der Waals surface area contributed by atoms with E-state index in [1.807, 2.05) is 60.7 Å². The molecule has 0 saturated carbocycles. The molecule has 2 heterocycles. The summed E-state index contributed by atoms with van der Waals surface area (Å²) in [5.74, 6) is 0.520. The van der Waals surface area contributed by atoms with Crippen LogP contribution in [0.15, 0.2) is 72.8 Å². The molecule has 166 valence electrons. The van der Waals surface area contributed by atoms with E-state index in [9.17, 15) is 9.90 Å². The second-order valence-electron chi connectivity index (χ2n) is 7.94. The molecule has 0 amide bonds. The van der Waals surface area contributed by atoms with Crippen LogP contribution in [0.3, 0.4) is 0 Å². The predicted molar refractivity (Wildman–Crippen MR) is 124 cm³/mol. The third-order valence-electron chi connectivity index (χ3n) is 6.03. The van der Waals surface area contributed by atoms with Crippen LogP contribution in [0.2, 0.25) is 0 Å². The Morgan fingerprint density at radius 2 is 1.94 bits per heavy atom. The van der Waals surface area contributed by atoms with Gasteiger partial charge in [0.25, 0.3) is 0 Å². The number of aryl methyl sites for hydroxylation is 1. The number of aromatic nitrogens is 1. The number of benzene rings is 2. The molecule has 33 heavy (non-hydrogen) atoms. The fourth-order valence-electron chi connectivity index (χ4n) is 4.48. The summed E-state index contributed by atoms with van der Waals surface area (Å²) in [4.78, 5) is 17.6. The number of hydrogen-bond donors (Lipinski definition) is 1. The van der Waals surface area contributed by atoms with E-state index in [0.29, 0.717) is 34.1 Å². The first-order chi connectivity index (χ1) is 16.1. The number of rotatable bonds is 7. The predicted octanol–water partition coefficient (Wildman–Crippen LogP) is 4.97. The Hall–Kier alpha value is -4.06. The normalized spacial score (nSPS) is 16.0. The largest absolute Gasteiger partial charge is 0.497 e. The van der Waals surface area contributed by atoms with Crippen molar-refractivity contribution in [3.8, 4) is 17.2 Å². The second-order valence-corrected chi connectivity index (χ2v) is 7.94. The third-order valence-corrected chi connectivity index (χ3v) is 6.03. The Kier molecular flexibility index (Phi) is 5.34. The molecule has 5 rings (SSSR count). The number of carboxylic acid groups (broad SMARTS) is 1.